The number of likely N-dealkylation sites (N-methyl/N-ethyl adjacent to an activating group) is 1. The van der Waals surface area contributed by atoms with Gasteiger partial charge in [-0.2, -0.15) is 18.3 Å². The van der Waals surface area contributed by atoms with Crippen LogP contribution in [0.25, 0.3) is 27.6 Å². The molecule has 0 radical (unpaired) electrons. The van der Waals surface area contributed by atoms with Gasteiger partial charge in [0.2, 0.25) is 5.91 Å². The predicted octanol–water partition coefficient (Wildman–Crippen LogP) is 5.26. The van der Waals surface area contributed by atoms with Gasteiger partial charge in [-0.1, -0.05) is 18.2 Å². The Morgan fingerprint density at radius 1 is 1.10 bits per heavy atom. The van der Waals surface area contributed by atoms with E-state index in [0.29, 0.717) is 23.8 Å². The number of hydrogen-bond donors (Lipinski definition) is 1. The lowest BCUT2D eigenvalue weighted by Crippen LogP contribution is -2.51. The molecule has 0 aliphatic carbocycles. The van der Waals surface area contributed by atoms with Crippen molar-refractivity contribution in [3.8, 4) is 22.8 Å². The number of nitrogens with one attached hydrogen (secondary N) is 1. The van der Waals surface area contributed by atoms with Crippen molar-refractivity contribution >= 4 is 17.6 Å². The summed E-state index contributed by atoms with van der Waals surface area (Å²) in [6.45, 7) is 12.8. The van der Waals surface area contributed by atoms with Crippen molar-refractivity contribution in [2.75, 3.05) is 40.8 Å². The average molecular weight is 664 g/mol. The maximum atomic E-state index is 14.1. The van der Waals surface area contributed by atoms with E-state index in [4.69, 9.17) is 6.57 Å². The highest BCUT2D eigenvalue weighted by Crippen LogP contribution is 2.32. The van der Waals surface area contributed by atoms with Gasteiger partial charge in [0.15, 0.2) is 5.69 Å². The third-order valence-corrected chi connectivity index (χ3v) is 8.93. The van der Waals surface area contributed by atoms with E-state index in [2.05, 4.69) is 29.4 Å². The maximum absolute atomic E-state index is 14.1. The Morgan fingerprint density at radius 2 is 1.77 bits per heavy atom. The smallest absolute Gasteiger partial charge is 0.344 e. The number of aromatic nitrogens is 4. The summed E-state index contributed by atoms with van der Waals surface area (Å²) in [5, 5.41) is 7.01. The lowest BCUT2D eigenvalue weighted by molar-refractivity contribution is -0.896. The maximum Gasteiger partial charge on any atom is 0.416 e. The van der Waals surface area contributed by atoms with E-state index in [-0.39, 0.29) is 28.7 Å². The minimum atomic E-state index is -4.67. The van der Waals surface area contributed by atoms with E-state index in [1.807, 2.05) is 0 Å². The Kier molecular flexibility index (Phi) is 9.37. The highest BCUT2D eigenvalue weighted by Gasteiger charge is 2.33. The number of amides is 2. The van der Waals surface area contributed by atoms with Gasteiger partial charge in [0, 0.05) is 26.4 Å². The van der Waals surface area contributed by atoms with Gasteiger partial charge in [0.1, 0.15) is 11.7 Å². The second kappa shape index (κ2) is 13.2. The quantitative estimate of drug-likeness (QED) is 0.216. The number of imidazole rings is 1. The molecule has 0 unspecified atom stereocenters. The summed E-state index contributed by atoms with van der Waals surface area (Å²) in [4.78, 5) is 46.4. The minimum Gasteiger partial charge on any atom is -0.344 e. The molecule has 1 saturated heterocycles. The summed E-state index contributed by atoms with van der Waals surface area (Å²) >= 11 is 0. The zero-order chi connectivity index (χ0) is 35.0. The minimum absolute atomic E-state index is 0.0672. The molecule has 1 atom stereocenters. The van der Waals surface area contributed by atoms with Crippen molar-refractivity contribution < 1.29 is 27.2 Å². The number of piperidine rings is 1. The summed E-state index contributed by atoms with van der Waals surface area (Å²) in [5.41, 5.74) is -0.541. The van der Waals surface area contributed by atoms with Crippen LogP contribution in [-0.2, 0) is 11.0 Å². The molecule has 2 amide bonds. The van der Waals surface area contributed by atoms with E-state index >= 15 is 0 Å². The zero-order valence-electron chi connectivity index (χ0n) is 27.5. The molecule has 2 aromatic heterocycles. The van der Waals surface area contributed by atoms with Gasteiger partial charge in [-0.25, -0.2) is 23.7 Å². The molecular weight excluding hydrogens is 625 g/mol. The number of benzene rings is 2. The number of nitrogens with zero attached hydrogens (tertiary/aromatic N) is 7. The molecule has 4 aromatic rings. The number of rotatable bonds is 7. The molecule has 5 rings (SSSR count). The first-order chi connectivity index (χ1) is 22.6. The molecule has 1 fully saturated rings. The van der Waals surface area contributed by atoms with Gasteiger partial charge >= 0.3 is 17.9 Å². The fourth-order valence-electron chi connectivity index (χ4n) is 6.20. The van der Waals surface area contributed by atoms with Crippen LogP contribution in [0.5, 0.6) is 0 Å². The van der Waals surface area contributed by atoms with Gasteiger partial charge in [-0.3, -0.25) is 9.36 Å². The Hall–Kier alpha value is -5.16. The number of hydrogen-bond acceptors (Lipinski definition) is 4. The summed E-state index contributed by atoms with van der Waals surface area (Å²) in [6.07, 6.45) is -1.26. The Balaban J connectivity index is 1.53. The fourth-order valence-corrected chi connectivity index (χ4v) is 6.20. The molecular formula is C34H38F3N8O3+. The Morgan fingerprint density at radius 3 is 2.40 bits per heavy atom. The van der Waals surface area contributed by atoms with Gasteiger partial charge in [-0.05, 0) is 56.2 Å². The van der Waals surface area contributed by atoms with Crippen LogP contribution in [0.2, 0.25) is 0 Å². The third-order valence-electron chi connectivity index (χ3n) is 8.93. The highest BCUT2D eigenvalue weighted by molar-refractivity contribution is 5.89. The van der Waals surface area contributed by atoms with Crippen molar-refractivity contribution in [3.05, 3.63) is 94.0 Å². The van der Waals surface area contributed by atoms with Gasteiger partial charge in [0.05, 0.1) is 68.3 Å². The molecule has 1 N–H and O–H groups in total. The fraction of sp³-hybridized carbons (Fsp3) is 0.382. The van der Waals surface area contributed by atoms with E-state index < -0.39 is 29.5 Å². The first kappa shape index (κ1) is 34.2. The topological polar surface area (TPSA) is 98.5 Å². The summed E-state index contributed by atoms with van der Waals surface area (Å²) in [7, 11) is 6.04. The van der Waals surface area contributed by atoms with Crippen LogP contribution in [0.3, 0.4) is 0 Å². The van der Waals surface area contributed by atoms with Crippen molar-refractivity contribution in [2.24, 2.45) is 5.92 Å². The Bertz CT molecular complexity index is 1920. The van der Waals surface area contributed by atoms with Gasteiger partial charge in [-0.15, -0.1) is 0 Å². The predicted molar refractivity (Wildman–Crippen MR) is 174 cm³/mol. The molecule has 1 aliphatic heterocycles. The van der Waals surface area contributed by atoms with Crippen LogP contribution < -0.4 is 11.0 Å². The highest BCUT2D eigenvalue weighted by atomic mass is 19.4. The largest absolute Gasteiger partial charge is 0.416 e. The average Bonchev–Trinajstić information content (AvgIpc) is 3.62. The van der Waals surface area contributed by atoms with Crippen LogP contribution in [0.4, 0.5) is 23.7 Å². The van der Waals surface area contributed by atoms with Crippen LogP contribution in [0, 0.1) is 19.4 Å². The van der Waals surface area contributed by atoms with Crippen molar-refractivity contribution in [1.82, 2.24) is 29.1 Å². The first-order valence-electron chi connectivity index (χ1n) is 15.5. The molecule has 48 heavy (non-hydrogen) atoms. The van der Waals surface area contributed by atoms with Gasteiger partial charge in [0.25, 0.3) is 0 Å². The molecule has 3 heterocycles. The second-order valence-corrected chi connectivity index (χ2v) is 12.9. The second-order valence-electron chi connectivity index (χ2n) is 12.9. The Labute approximate surface area is 276 Å². The molecule has 252 valence electrons. The molecule has 14 heteroatoms. The van der Waals surface area contributed by atoms with Crippen LogP contribution in [-0.4, -0.2) is 87.1 Å². The van der Waals surface area contributed by atoms with Crippen LogP contribution >= 0.6 is 0 Å². The van der Waals surface area contributed by atoms with E-state index in [1.54, 1.807) is 42.3 Å². The van der Waals surface area contributed by atoms with Gasteiger partial charge < -0.3 is 14.7 Å². The summed E-state index contributed by atoms with van der Waals surface area (Å²) in [6, 6.07) is 10.4. The number of likely N-dealkylation sites (tertiary alicyclic amines) is 1. The summed E-state index contributed by atoms with van der Waals surface area (Å²) in [5.74, 6) is -0.00764. The third kappa shape index (κ3) is 6.91. The molecule has 2 aromatic carbocycles. The molecule has 0 saturated carbocycles. The van der Waals surface area contributed by atoms with E-state index in [9.17, 15) is 27.6 Å². The lowest BCUT2D eigenvalue weighted by atomic mass is 9.95. The van der Waals surface area contributed by atoms with Crippen LogP contribution in [0.1, 0.15) is 31.0 Å². The number of quaternary nitrogens is 1. The number of carbonyl (C=O) groups excluding carboxylic acids is 2. The summed E-state index contributed by atoms with van der Waals surface area (Å²) < 4.78 is 45.2. The number of halogens is 3. The van der Waals surface area contributed by atoms with E-state index in [1.165, 1.54) is 36.9 Å². The monoisotopic (exact) mass is 663 g/mol. The van der Waals surface area contributed by atoms with Crippen molar-refractivity contribution in [1.29, 1.82) is 0 Å². The first-order valence-corrected chi connectivity index (χ1v) is 15.5. The standard InChI is InChI=1S/C34H37F3N8O3/c1-22(31(46)41(4)21-24-15-18-45(5,6)19-16-24)40-32(47)43-30(29-14-17-39-44(29)27-12-10-26(38-3)11-13-27)23(2)42(33(43)48)28-9-7-8-25(20-28)34(35,36)37/h7-14,17,20,22,24H,15-16,18-19,21H2,1-2,4-6H3/p+1/t22-/m0/s1. The van der Waals surface area contributed by atoms with Crippen molar-refractivity contribution in [2.45, 2.75) is 38.9 Å². The number of carbonyl (C=O) groups is 2. The van der Waals surface area contributed by atoms with Crippen LogP contribution in [0.15, 0.2) is 65.6 Å². The zero-order valence-corrected chi connectivity index (χ0v) is 27.5. The van der Waals surface area contributed by atoms with E-state index in [0.717, 1.165) is 51.7 Å². The molecule has 11 nitrogen and oxygen atoms in total. The molecule has 1 aliphatic rings. The normalized spacial score (nSPS) is 15.5. The lowest BCUT2D eigenvalue weighted by Gasteiger charge is -2.38. The number of alkyl halides is 3. The van der Waals surface area contributed by atoms with Crippen molar-refractivity contribution in [3.63, 3.8) is 0 Å². The molecule has 0 bridgehead atoms. The SMILES string of the molecule is [C-]#[N+]c1ccc(-n2nccc2-c2c(C)n(-c3cccc(C(F)(F)F)c3)c(=O)n2C(=O)N[C@@H](C)C(=O)N(C)CC2CC[N+](C)(C)CC2)cc1. The molecule has 0 spiro atoms.